The summed E-state index contributed by atoms with van der Waals surface area (Å²) in [6, 6.07) is 3.48. The maximum absolute atomic E-state index is 10.9. The van der Waals surface area contributed by atoms with Crippen molar-refractivity contribution in [2.45, 2.75) is 33.7 Å². The number of carbonyl (C=O) groups is 1. The molecule has 0 aromatic heterocycles. The average molecular weight is 221 g/mol. The number of carboxylic acid groups (broad SMARTS) is 1. The fourth-order valence-corrected chi connectivity index (χ4v) is 1.76. The summed E-state index contributed by atoms with van der Waals surface area (Å²) in [5, 5.41) is 8.95. The minimum absolute atomic E-state index is 0.447. The average Bonchev–Trinajstić information content (AvgIpc) is 2.24. The fraction of sp³-hybridized carbons (Fsp3) is 0.462. The van der Waals surface area contributed by atoms with Gasteiger partial charge in [-0.25, -0.2) is 0 Å². The highest BCUT2D eigenvalue weighted by Crippen LogP contribution is 2.26. The number of nitrogens with two attached hydrogens (primary N) is 1. The Bertz CT molecular complexity index is 413. The van der Waals surface area contributed by atoms with E-state index < -0.39 is 17.9 Å². The zero-order chi connectivity index (χ0) is 12.5. The van der Waals surface area contributed by atoms with Gasteiger partial charge in [-0.2, -0.15) is 0 Å². The minimum Gasteiger partial charge on any atom is -0.481 e. The van der Waals surface area contributed by atoms with Gasteiger partial charge in [-0.15, -0.1) is 0 Å². The molecular weight excluding hydrogens is 202 g/mol. The molecule has 1 aromatic carbocycles. The highest BCUT2D eigenvalue weighted by Gasteiger charge is 2.23. The summed E-state index contributed by atoms with van der Waals surface area (Å²) in [5.74, 6) is -1.43. The van der Waals surface area contributed by atoms with Crippen molar-refractivity contribution in [3.8, 4) is 0 Å². The van der Waals surface area contributed by atoms with Gasteiger partial charge in [0.25, 0.3) is 0 Å². The number of aliphatic carboxylic acids is 1. The van der Waals surface area contributed by atoms with Crippen molar-refractivity contribution in [2.24, 2.45) is 11.7 Å². The molecule has 1 rings (SSSR count). The number of rotatable bonds is 3. The Morgan fingerprint density at radius 2 is 1.81 bits per heavy atom. The highest BCUT2D eigenvalue weighted by atomic mass is 16.4. The van der Waals surface area contributed by atoms with Gasteiger partial charge in [0.1, 0.15) is 0 Å². The third-order valence-corrected chi connectivity index (χ3v) is 3.39. The molecule has 3 heteroatoms. The first-order chi connectivity index (χ1) is 7.36. The topological polar surface area (TPSA) is 63.3 Å². The maximum Gasteiger partial charge on any atom is 0.308 e. The second-order valence-corrected chi connectivity index (χ2v) is 4.37. The molecule has 0 aliphatic heterocycles. The first kappa shape index (κ1) is 12.7. The predicted octanol–water partition coefficient (Wildman–Crippen LogP) is 2.33. The van der Waals surface area contributed by atoms with Crippen molar-refractivity contribution in [1.82, 2.24) is 0 Å². The third kappa shape index (κ3) is 2.25. The summed E-state index contributed by atoms with van der Waals surface area (Å²) in [7, 11) is 0. The van der Waals surface area contributed by atoms with Gasteiger partial charge < -0.3 is 10.8 Å². The number of benzene rings is 1. The van der Waals surface area contributed by atoms with Crippen molar-refractivity contribution < 1.29 is 9.90 Å². The van der Waals surface area contributed by atoms with E-state index in [9.17, 15) is 4.79 Å². The highest BCUT2D eigenvalue weighted by molar-refractivity contribution is 5.71. The molecule has 16 heavy (non-hydrogen) atoms. The smallest absolute Gasteiger partial charge is 0.308 e. The molecule has 3 N–H and O–H groups in total. The second-order valence-electron chi connectivity index (χ2n) is 4.37. The lowest BCUT2D eigenvalue weighted by molar-refractivity contribution is -0.141. The standard InChI is InChI=1S/C13H19NO2/c1-7-5-6-11(9(3)8(7)2)12(14)10(4)13(15)16/h5-6,10,12H,14H2,1-4H3,(H,15,16). The van der Waals surface area contributed by atoms with Crippen molar-refractivity contribution in [3.05, 3.63) is 34.4 Å². The van der Waals surface area contributed by atoms with Crippen LogP contribution < -0.4 is 5.73 Å². The van der Waals surface area contributed by atoms with Gasteiger partial charge in [0.2, 0.25) is 0 Å². The Kier molecular flexibility index (Phi) is 3.70. The predicted molar refractivity (Wildman–Crippen MR) is 64.4 cm³/mol. The van der Waals surface area contributed by atoms with Crippen LogP contribution in [0.3, 0.4) is 0 Å². The molecule has 1 aromatic rings. The molecule has 0 fully saturated rings. The maximum atomic E-state index is 10.9. The van der Waals surface area contributed by atoms with E-state index in [0.29, 0.717) is 0 Å². The van der Waals surface area contributed by atoms with Crippen LogP contribution in [-0.2, 0) is 4.79 Å². The molecule has 0 radical (unpaired) electrons. The summed E-state index contributed by atoms with van der Waals surface area (Å²) in [6.07, 6.45) is 0. The molecular formula is C13H19NO2. The summed E-state index contributed by atoms with van der Waals surface area (Å²) in [4.78, 5) is 10.9. The number of hydrogen-bond donors (Lipinski definition) is 2. The summed E-state index contributed by atoms with van der Waals surface area (Å²) in [5.41, 5.74) is 10.4. The molecule has 0 heterocycles. The van der Waals surface area contributed by atoms with Crippen LogP contribution in [0.15, 0.2) is 12.1 Å². The lowest BCUT2D eigenvalue weighted by Gasteiger charge is -2.20. The van der Waals surface area contributed by atoms with Crippen LogP contribution in [0.2, 0.25) is 0 Å². The molecule has 0 saturated carbocycles. The van der Waals surface area contributed by atoms with Gasteiger partial charge in [0, 0.05) is 6.04 Å². The second kappa shape index (κ2) is 4.66. The van der Waals surface area contributed by atoms with Crippen molar-refractivity contribution >= 4 is 5.97 Å². The monoisotopic (exact) mass is 221 g/mol. The van der Waals surface area contributed by atoms with Crippen molar-refractivity contribution in [3.63, 3.8) is 0 Å². The minimum atomic E-state index is -0.856. The molecule has 0 saturated heterocycles. The quantitative estimate of drug-likeness (QED) is 0.823. The zero-order valence-corrected chi connectivity index (χ0v) is 10.2. The summed E-state index contributed by atoms with van der Waals surface area (Å²) < 4.78 is 0. The summed E-state index contributed by atoms with van der Waals surface area (Å²) in [6.45, 7) is 7.71. The van der Waals surface area contributed by atoms with E-state index in [4.69, 9.17) is 10.8 Å². The van der Waals surface area contributed by atoms with Gasteiger partial charge >= 0.3 is 5.97 Å². The lowest BCUT2D eigenvalue weighted by atomic mass is 9.89. The van der Waals surface area contributed by atoms with Crippen LogP contribution in [0, 0.1) is 26.7 Å². The van der Waals surface area contributed by atoms with Gasteiger partial charge in [0.15, 0.2) is 0 Å². The van der Waals surface area contributed by atoms with Crippen molar-refractivity contribution in [2.75, 3.05) is 0 Å². The molecule has 88 valence electrons. The first-order valence-electron chi connectivity index (χ1n) is 5.41. The van der Waals surface area contributed by atoms with Gasteiger partial charge in [-0.1, -0.05) is 19.1 Å². The van der Waals surface area contributed by atoms with E-state index in [1.807, 2.05) is 32.9 Å². The molecule has 3 nitrogen and oxygen atoms in total. The van der Waals surface area contributed by atoms with Gasteiger partial charge in [-0.05, 0) is 43.0 Å². The van der Waals surface area contributed by atoms with E-state index in [2.05, 4.69) is 0 Å². The third-order valence-electron chi connectivity index (χ3n) is 3.39. The van der Waals surface area contributed by atoms with Gasteiger partial charge in [0.05, 0.1) is 5.92 Å². The van der Waals surface area contributed by atoms with Crippen LogP contribution in [0.5, 0.6) is 0 Å². The Labute approximate surface area is 96.3 Å². The fourth-order valence-electron chi connectivity index (χ4n) is 1.76. The molecule has 2 atom stereocenters. The SMILES string of the molecule is Cc1ccc(C(N)C(C)C(=O)O)c(C)c1C. The normalized spacial score (nSPS) is 14.6. The van der Waals surface area contributed by atoms with Gasteiger partial charge in [-0.3, -0.25) is 4.79 Å². The first-order valence-corrected chi connectivity index (χ1v) is 5.41. The van der Waals surface area contributed by atoms with Crippen molar-refractivity contribution in [1.29, 1.82) is 0 Å². The molecule has 0 bridgehead atoms. The molecule has 0 amide bonds. The Morgan fingerprint density at radius 1 is 1.25 bits per heavy atom. The van der Waals surface area contributed by atoms with E-state index in [1.165, 1.54) is 11.1 Å². The van der Waals surface area contributed by atoms with Crippen LogP contribution in [0.4, 0.5) is 0 Å². The molecule has 2 unspecified atom stereocenters. The number of carboxylic acids is 1. The largest absolute Gasteiger partial charge is 0.481 e. The number of hydrogen-bond acceptors (Lipinski definition) is 2. The number of aryl methyl sites for hydroxylation is 1. The van der Waals surface area contributed by atoms with E-state index in [-0.39, 0.29) is 0 Å². The van der Waals surface area contributed by atoms with E-state index in [0.717, 1.165) is 11.1 Å². The Balaban J connectivity index is 3.14. The van der Waals surface area contributed by atoms with E-state index >= 15 is 0 Å². The molecule has 0 aliphatic carbocycles. The van der Waals surface area contributed by atoms with Crippen LogP contribution >= 0.6 is 0 Å². The van der Waals surface area contributed by atoms with Crippen LogP contribution in [0.1, 0.15) is 35.2 Å². The Morgan fingerprint density at radius 3 is 2.31 bits per heavy atom. The van der Waals surface area contributed by atoms with Crippen LogP contribution in [0.25, 0.3) is 0 Å². The molecule has 0 aliphatic rings. The lowest BCUT2D eigenvalue weighted by Crippen LogP contribution is -2.26. The molecule has 0 spiro atoms. The zero-order valence-electron chi connectivity index (χ0n) is 10.2. The van der Waals surface area contributed by atoms with Crippen LogP contribution in [-0.4, -0.2) is 11.1 Å². The van der Waals surface area contributed by atoms with E-state index in [1.54, 1.807) is 6.92 Å². The summed E-state index contributed by atoms with van der Waals surface area (Å²) >= 11 is 0. The Hall–Kier alpha value is -1.35.